The highest BCUT2D eigenvalue weighted by molar-refractivity contribution is 7.03. The second-order valence-electron chi connectivity index (χ2n) is 6.43. The van der Waals surface area contributed by atoms with Gasteiger partial charge in [-0.2, -0.15) is 0 Å². The molecule has 0 aliphatic heterocycles. The molecule has 98 valence electrons. The normalized spacial score (nSPS) is 36.8. The maximum atomic E-state index is 12.1. The quantitative estimate of drug-likeness (QED) is 0.893. The van der Waals surface area contributed by atoms with Crippen LogP contribution in [-0.4, -0.2) is 21.5 Å². The summed E-state index contributed by atoms with van der Waals surface area (Å²) >= 11 is 1.22. The van der Waals surface area contributed by atoms with Crippen molar-refractivity contribution in [3.63, 3.8) is 0 Å². The van der Waals surface area contributed by atoms with Gasteiger partial charge in [0.2, 0.25) is 0 Å². The number of fused-ring (bicyclic) bond motifs is 2. The van der Waals surface area contributed by atoms with Gasteiger partial charge < -0.3 is 5.32 Å². The van der Waals surface area contributed by atoms with E-state index in [9.17, 15) is 4.79 Å². The third kappa shape index (κ3) is 1.46. The minimum absolute atomic E-state index is 0.0710. The van der Waals surface area contributed by atoms with E-state index in [0.29, 0.717) is 11.1 Å². The van der Waals surface area contributed by atoms with Crippen LogP contribution in [0.1, 0.15) is 50.5 Å². The van der Waals surface area contributed by atoms with Crippen molar-refractivity contribution in [2.75, 3.05) is 0 Å². The summed E-state index contributed by atoms with van der Waals surface area (Å²) in [5.74, 6) is 0.666. The summed E-state index contributed by atoms with van der Waals surface area (Å²) in [4.78, 5) is 12.1. The molecule has 1 amide bonds. The van der Waals surface area contributed by atoms with Crippen molar-refractivity contribution in [3.8, 4) is 0 Å². The number of rotatable bonds is 2. The van der Waals surface area contributed by atoms with Gasteiger partial charge in [-0.3, -0.25) is 4.79 Å². The fourth-order valence-electron chi connectivity index (χ4n) is 3.92. The van der Waals surface area contributed by atoms with Gasteiger partial charge in [0.1, 0.15) is 0 Å². The lowest BCUT2D eigenvalue weighted by Crippen LogP contribution is -2.46. The number of hydrogen-bond acceptors (Lipinski definition) is 4. The van der Waals surface area contributed by atoms with Gasteiger partial charge in [0.05, 0.1) is 0 Å². The second-order valence-corrected chi connectivity index (χ2v) is 7.04. The van der Waals surface area contributed by atoms with Crippen LogP contribution in [0.5, 0.6) is 0 Å². The summed E-state index contributed by atoms with van der Waals surface area (Å²) in [6, 6.07) is 0.278. The molecule has 2 bridgehead atoms. The number of aromatic nitrogens is 2. The van der Waals surface area contributed by atoms with Crippen LogP contribution in [0, 0.1) is 16.7 Å². The number of carbonyl (C=O) groups is 1. The summed E-state index contributed by atoms with van der Waals surface area (Å²) in [5, 5.41) is 8.71. The predicted molar refractivity (Wildman–Crippen MR) is 70.4 cm³/mol. The Balaban J connectivity index is 1.78. The number of hydrogen-bond donors (Lipinski definition) is 1. The van der Waals surface area contributed by atoms with E-state index in [1.165, 1.54) is 24.4 Å². The van der Waals surface area contributed by atoms with Crippen molar-refractivity contribution in [1.29, 1.82) is 0 Å². The first-order chi connectivity index (χ1) is 8.45. The molecule has 3 unspecified atom stereocenters. The molecule has 1 N–H and O–H groups in total. The van der Waals surface area contributed by atoms with Crippen molar-refractivity contribution >= 4 is 17.4 Å². The molecule has 0 aromatic carbocycles. The van der Waals surface area contributed by atoms with Crippen molar-refractivity contribution in [2.24, 2.45) is 16.7 Å². The summed E-state index contributed by atoms with van der Waals surface area (Å²) < 4.78 is 3.74. The van der Waals surface area contributed by atoms with Gasteiger partial charge in [-0.15, -0.1) is 5.10 Å². The molecule has 2 aliphatic rings. The lowest BCUT2D eigenvalue weighted by Gasteiger charge is -2.39. The fraction of sp³-hybridized carbons (Fsp3) is 0.769. The van der Waals surface area contributed by atoms with E-state index in [1.807, 2.05) is 0 Å². The van der Waals surface area contributed by atoms with Crippen LogP contribution < -0.4 is 5.32 Å². The number of amides is 1. The molecule has 2 saturated carbocycles. The van der Waals surface area contributed by atoms with Crippen molar-refractivity contribution in [2.45, 2.75) is 46.1 Å². The van der Waals surface area contributed by atoms with Gasteiger partial charge in [-0.05, 0) is 47.5 Å². The average Bonchev–Trinajstić information content (AvgIpc) is 2.95. The van der Waals surface area contributed by atoms with Crippen LogP contribution in [0.15, 0.2) is 5.38 Å². The molecule has 1 aromatic rings. The summed E-state index contributed by atoms with van der Waals surface area (Å²) in [6.45, 7) is 7.02. The van der Waals surface area contributed by atoms with E-state index in [-0.39, 0.29) is 17.4 Å². The average molecular weight is 265 g/mol. The predicted octanol–water partition coefficient (Wildman–Crippen LogP) is 2.48. The number of carbonyl (C=O) groups excluding carboxylic acids is 1. The molecule has 3 rings (SSSR count). The van der Waals surface area contributed by atoms with E-state index in [1.54, 1.807) is 5.38 Å². The monoisotopic (exact) mass is 265 g/mol. The lowest BCUT2D eigenvalue weighted by molar-refractivity contribution is 0.0821. The molecule has 1 heterocycles. The smallest absolute Gasteiger partial charge is 0.272 e. The highest BCUT2D eigenvalue weighted by Gasteiger charge is 2.61. The minimum atomic E-state index is -0.0710. The van der Waals surface area contributed by atoms with Gasteiger partial charge in [0, 0.05) is 11.4 Å². The second kappa shape index (κ2) is 3.76. The Hall–Kier alpha value is -0.970. The Morgan fingerprint density at radius 1 is 1.50 bits per heavy atom. The number of nitrogens with zero attached hydrogens (tertiary/aromatic N) is 2. The first-order valence-electron chi connectivity index (χ1n) is 6.53. The Morgan fingerprint density at radius 2 is 2.28 bits per heavy atom. The maximum absolute atomic E-state index is 12.1. The van der Waals surface area contributed by atoms with E-state index >= 15 is 0 Å². The summed E-state index contributed by atoms with van der Waals surface area (Å²) in [5.41, 5.74) is 0.992. The highest BCUT2D eigenvalue weighted by atomic mass is 32.1. The van der Waals surface area contributed by atoms with E-state index in [4.69, 9.17) is 0 Å². The Bertz CT molecular complexity index is 471. The highest BCUT2D eigenvalue weighted by Crippen LogP contribution is 2.65. The van der Waals surface area contributed by atoms with Gasteiger partial charge in [-0.25, -0.2) is 0 Å². The molecule has 3 atom stereocenters. The van der Waals surface area contributed by atoms with E-state index in [0.717, 1.165) is 12.3 Å². The summed E-state index contributed by atoms with van der Waals surface area (Å²) in [6.07, 6.45) is 3.62. The first kappa shape index (κ1) is 12.1. The first-order valence-corrected chi connectivity index (χ1v) is 7.37. The zero-order valence-electron chi connectivity index (χ0n) is 11.1. The van der Waals surface area contributed by atoms with E-state index in [2.05, 4.69) is 35.7 Å². The fourth-order valence-corrected chi connectivity index (χ4v) is 4.35. The molecule has 18 heavy (non-hydrogen) atoms. The standard InChI is InChI=1S/C13H19N3OS/c1-12(2)8-4-5-13(12,3)10(6-8)14-11(17)9-7-18-16-15-9/h7-8,10H,4-6H2,1-3H3,(H,14,17). The van der Waals surface area contributed by atoms with Crippen LogP contribution in [0.4, 0.5) is 0 Å². The SMILES string of the molecule is CC1(C)C2CCC1(C)C(NC(=O)c1csnn1)C2. The van der Waals surface area contributed by atoms with Crippen LogP contribution in [0.2, 0.25) is 0 Å². The largest absolute Gasteiger partial charge is 0.347 e. The van der Waals surface area contributed by atoms with Gasteiger partial charge in [0.25, 0.3) is 5.91 Å². The van der Waals surface area contributed by atoms with Gasteiger partial charge in [-0.1, -0.05) is 25.3 Å². The molecule has 5 heteroatoms. The lowest BCUT2D eigenvalue weighted by atomic mass is 9.69. The zero-order valence-corrected chi connectivity index (χ0v) is 11.9. The van der Waals surface area contributed by atoms with Crippen LogP contribution >= 0.6 is 11.5 Å². The maximum Gasteiger partial charge on any atom is 0.272 e. The van der Waals surface area contributed by atoms with Crippen molar-refractivity contribution < 1.29 is 4.79 Å². The molecular formula is C13H19N3OS. The van der Waals surface area contributed by atoms with Crippen LogP contribution in [0.25, 0.3) is 0 Å². The Labute approximate surface area is 111 Å². The Morgan fingerprint density at radius 3 is 2.78 bits per heavy atom. The molecule has 2 aliphatic carbocycles. The van der Waals surface area contributed by atoms with Crippen molar-refractivity contribution in [3.05, 3.63) is 11.1 Å². The molecule has 0 saturated heterocycles. The third-order valence-electron chi connectivity index (χ3n) is 5.69. The molecule has 0 radical (unpaired) electrons. The Kier molecular flexibility index (Phi) is 2.52. The molecule has 1 aromatic heterocycles. The minimum Gasteiger partial charge on any atom is -0.347 e. The van der Waals surface area contributed by atoms with Crippen molar-refractivity contribution in [1.82, 2.24) is 14.9 Å². The molecule has 0 spiro atoms. The van der Waals surface area contributed by atoms with Gasteiger partial charge in [0.15, 0.2) is 5.69 Å². The van der Waals surface area contributed by atoms with Gasteiger partial charge >= 0.3 is 0 Å². The molecular weight excluding hydrogens is 246 g/mol. The molecule has 2 fully saturated rings. The molecule has 4 nitrogen and oxygen atoms in total. The summed E-state index contributed by atoms with van der Waals surface area (Å²) in [7, 11) is 0. The van der Waals surface area contributed by atoms with Crippen LogP contribution in [0.3, 0.4) is 0 Å². The van der Waals surface area contributed by atoms with E-state index < -0.39 is 0 Å². The topological polar surface area (TPSA) is 54.9 Å². The van der Waals surface area contributed by atoms with Crippen LogP contribution in [-0.2, 0) is 0 Å². The zero-order chi connectivity index (χ0) is 13.0. The number of nitrogens with one attached hydrogen (secondary N) is 1. The third-order valence-corrected chi connectivity index (χ3v) is 6.20.